The summed E-state index contributed by atoms with van der Waals surface area (Å²) in [7, 11) is 0. The number of likely N-dealkylation sites (tertiary alicyclic amines) is 1. The lowest BCUT2D eigenvalue weighted by Gasteiger charge is -2.26. The number of hydrogen-bond donors (Lipinski definition) is 2. The summed E-state index contributed by atoms with van der Waals surface area (Å²) in [6.45, 7) is 15.2. The molecule has 1 fully saturated rings. The van der Waals surface area contributed by atoms with Crippen LogP contribution in [0.15, 0.2) is 4.99 Å². The Balaban J connectivity index is 2.55. The van der Waals surface area contributed by atoms with Gasteiger partial charge in [-0.25, -0.2) is 4.79 Å². The molecule has 0 aromatic heterocycles. The minimum atomic E-state index is -0.505. The van der Waals surface area contributed by atoms with Crippen molar-refractivity contribution in [2.24, 2.45) is 4.99 Å². The fraction of sp³-hybridized carbons (Fsp3) is 0.842. The second-order valence-electron chi connectivity index (χ2n) is 7.64. The summed E-state index contributed by atoms with van der Waals surface area (Å²) >= 11 is 0. The fourth-order valence-corrected chi connectivity index (χ4v) is 2.83. The lowest BCUT2D eigenvalue weighted by molar-refractivity contribution is -0.129. The zero-order valence-corrected chi connectivity index (χ0v) is 17.8. The van der Waals surface area contributed by atoms with Crippen molar-refractivity contribution in [2.75, 3.05) is 39.3 Å². The molecule has 8 heteroatoms. The molecule has 8 nitrogen and oxygen atoms in total. The smallest absolute Gasteiger partial charge is 0.410 e. The van der Waals surface area contributed by atoms with Gasteiger partial charge in [-0.2, -0.15) is 0 Å². The van der Waals surface area contributed by atoms with E-state index in [1.165, 1.54) is 0 Å². The molecule has 1 rings (SSSR count). The maximum Gasteiger partial charge on any atom is 0.410 e. The Labute approximate surface area is 163 Å². The Hall–Kier alpha value is -1.99. The van der Waals surface area contributed by atoms with Gasteiger partial charge in [-0.3, -0.25) is 9.79 Å². The highest BCUT2D eigenvalue weighted by molar-refractivity contribution is 5.80. The van der Waals surface area contributed by atoms with Gasteiger partial charge in [0.1, 0.15) is 5.60 Å². The van der Waals surface area contributed by atoms with Gasteiger partial charge in [-0.05, 0) is 41.0 Å². The summed E-state index contributed by atoms with van der Waals surface area (Å²) in [5.41, 5.74) is -0.505. The van der Waals surface area contributed by atoms with Crippen LogP contribution in [0.25, 0.3) is 0 Å². The van der Waals surface area contributed by atoms with Gasteiger partial charge >= 0.3 is 6.09 Å². The molecule has 1 aliphatic heterocycles. The summed E-state index contributed by atoms with van der Waals surface area (Å²) in [4.78, 5) is 32.1. The molecule has 0 aromatic rings. The standard InChI is InChI=1S/C19H37N5O3/c1-7-16(25)24-12-10-15(14-24)22-17(20-8-2)21-11-13-23(9-3)18(26)27-19(4,5)6/h15H,7-14H2,1-6H3,(H2,20,21,22). The maximum atomic E-state index is 12.2. The van der Waals surface area contributed by atoms with E-state index in [-0.39, 0.29) is 18.0 Å². The van der Waals surface area contributed by atoms with Crippen LogP contribution in [-0.4, -0.2) is 78.7 Å². The summed E-state index contributed by atoms with van der Waals surface area (Å²) in [5.74, 6) is 0.908. The Bertz CT molecular complexity index is 516. The van der Waals surface area contributed by atoms with Gasteiger partial charge in [-0.1, -0.05) is 6.92 Å². The SMILES string of the molecule is CCNC(=NCCN(CC)C(=O)OC(C)(C)C)NC1CCN(C(=O)CC)C1. The number of ether oxygens (including phenoxy) is 1. The molecule has 1 heterocycles. The van der Waals surface area contributed by atoms with Crippen molar-refractivity contribution in [3.63, 3.8) is 0 Å². The van der Waals surface area contributed by atoms with E-state index in [0.717, 1.165) is 19.5 Å². The molecule has 0 spiro atoms. The summed E-state index contributed by atoms with van der Waals surface area (Å²) in [5, 5.41) is 6.62. The Morgan fingerprint density at radius 1 is 1.26 bits per heavy atom. The molecule has 0 bridgehead atoms. The van der Waals surface area contributed by atoms with Crippen LogP contribution in [0.2, 0.25) is 0 Å². The molecule has 0 radical (unpaired) electrons. The highest BCUT2D eigenvalue weighted by atomic mass is 16.6. The third-order valence-corrected chi connectivity index (χ3v) is 4.20. The van der Waals surface area contributed by atoms with Crippen LogP contribution in [0.3, 0.4) is 0 Å². The van der Waals surface area contributed by atoms with Crippen LogP contribution in [0, 0.1) is 0 Å². The van der Waals surface area contributed by atoms with Crippen molar-refractivity contribution in [2.45, 2.75) is 66.0 Å². The first kappa shape index (κ1) is 23.0. The van der Waals surface area contributed by atoms with Crippen LogP contribution >= 0.6 is 0 Å². The number of carbonyl (C=O) groups excluding carboxylic acids is 2. The van der Waals surface area contributed by atoms with E-state index in [4.69, 9.17) is 4.74 Å². The first-order valence-corrected chi connectivity index (χ1v) is 10.0. The van der Waals surface area contributed by atoms with E-state index in [1.54, 1.807) is 4.90 Å². The Morgan fingerprint density at radius 2 is 1.96 bits per heavy atom. The molecule has 1 saturated heterocycles. The quantitative estimate of drug-likeness (QED) is 0.517. The Kier molecular flexibility index (Phi) is 9.38. The van der Waals surface area contributed by atoms with E-state index in [0.29, 0.717) is 38.6 Å². The molecule has 1 unspecified atom stereocenters. The highest BCUT2D eigenvalue weighted by Crippen LogP contribution is 2.11. The number of nitrogens with one attached hydrogen (secondary N) is 2. The molecule has 0 aliphatic carbocycles. The predicted octanol–water partition coefficient (Wildman–Crippen LogP) is 1.81. The summed E-state index contributed by atoms with van der Waals surface area (Å²) in [6.07, 6.45) is 1.13. The molecule has 27 heavy (non-hydrogen) atoms. The fourth-order valence-electron chi connectivity index (χ4n) is 2.83. The van der Waals surface area contributed by atoms with Gasteiger partial charge in [-0.15, -0.1) is 0 Å². The van der Waals surface area contributed by atoms with Gasteiger partial charge in [0.15, 0.2) is 5.96 Å². The van der Waals surface area contributed by atoms with Crippen molar-refractivity contribution in [1.29, 1.82) is 0 Å². The van der Waals surface area contributed by atoms with Gasteiger partial charge in [0.2, 0.25) is 5.91 Å². The predicted molar refractivity (Wildman–Crippen MR) is 108 cm³/mol. The van der Waals surface area contributed by atoms with E-state index in [1.807, 2.05) is 46.4 Å². The lowest BCUT2D eigenvalue weighted by atomic mass is 10.2. The van der Waals surface area contributed by atoms with Crippen LogP contribution < -0.4 is 10.6 Å². The van der Waals surface area contributed by atoms with E-state index >= 15 is 0 Å². The maximum absolute atomic E-state index is 12.2. The molecule has 1 aliphatic rings. The Morgan fingerprint density at radius 3 is 2.52 bits per heavy atom. The molecule has 1 atom stereocenters. The average Bonchev–Trinajstić information content (AvgIpc) is 3.05. The number of carbonyl (C=O) groups is 2. The van der Waals surface area contributed by atoms with Crippen molar-refractivity contribution in [3.05, 3.63) is 0 Å². The first-order valence-electron chi connectivity index (χ1n) is 10.0. The molecule has 156 valence electrons. The van der Waals surface area contributed by atoms with Gasteiger partial charge < -0.3 is 25.2 Å². The number of aliphatic imine (C=N–C) groups is 1. The summed E-state index contributed by atoms with van der Waals surface area (Å²) < 4.78 is 5.42. The van der Waals surface area contributed by atoms with Crippen LogP contribution in [0.5, 0.6) is 0 Å². The molecular weight excluding hydrogens is 346 g/mol. The van der Waals surface area contributed by atoms with E-state index in [9.17, 15) is 9.59 Å². The largest absolute Gasteiger partial charge is 0.444 e. The molecule has 0 aromatic carbocycles. The monoisotopic (exact) mass is 383 g/mol. The molecule has 0 saturated carbocycles. The van der Waals surface area contributed by atoms with Crippen LogP contribution in [0.4, 0.5) is 4.79 Å². The third-order valence-electron chi connectivity index (χ3n) is 4.20. The lowest BCUT2D eigenvalue weighted by Crippen LogP contribution is -2.45. The zero-order chi connectivity index (χ0) is 20.4. The second kappa shape index (κ2) is 11.0. The number of hydrogen-bond acceptors (Lipinski definition) is 4. The second-order valence-corrected chi connectivity index (χ2v) is 7.64. The minimum absolute atomic E-state index is 0.192. The van der Waals surface area contributed by atoms with Crippen LogP contribution in [-0.2, 0) is 9.53 Å². The highest BCUT2D eigenvalue weighted by Gasteiger charge is 2.26. The van der Waals surface area contributed by atoms with Crippen molar-refractivity contribution < 1.29 is 14.3 Å². The van der Waals surface area contributed by atoms with E-state index in [2.05, 4.69) is 15.6 Å². The topological polar surface area (TPSA) is 86.3 Å². The number of rotatable bonds is 7. The summed E-state index contributed by atoms with van der Waals surface area (Å²) in [6, 6.07) is 0.200. The number of likely N-dealkylation sites (N-methyl/N-ethyl adjacent to an activating group) is 1. The van der Waals surface area contributed by atoms with Crippen molar-refractivity contribution in [3.8, 4) is 0 Å². The number of amides is 2. The van der Waals surface area contributed by atoms with E-state index < -0.39 is 5.60 Å². The van der Waals surface area contributed by atoms with Crippen molar-refractivity contribution in [1.82, 2.24) is 20.4 Å². The normalized spacial score (nSPS) is 17.6. The van der Waals surface area contributed by atoms with Gasteiger partial charge in [0, 0.05) is 45.2 Å². The van der Waals surface area contributed by atoms with Crippen LogP contribution in [0.1, 0.15) is 54.4 Å². The molecule has 2 amide bonds. The average molecular weight is 384 g/mol. The first-order chi connectivity index (χ1) is 12.7. The third kappa shape index (κ3) is 8.49. The zero-order valence-electron chi connectivity index (χ0n) is 17.8. The number of guanidine groups is 1. The van der Waals surface area contributed by atoms with Crippen molar-refractivity contribution >= 4 is 18.0 Å². The molecular formula is C19H37N5O3. The van der Waals surface area contributed by atoms with Gasteiger partial charge in [0.25, 0.3) is 0 Å². The number of nitrogens with zero attached hydrogens (tertiary/aromatic N) is 3. The molecule has 2 N–H and O–H groups in total. The minimum Gasteiger partial charge on any atom is -0.444 e. The van der Waals surface area contributed by atoms with Gasteiger partial charge in [0.05, 0.1) is 6.54 Å².